The van der Waals surface area contributed by atoms with Crippen molar-refractivity contribution in [3.63, 3.8) is 0 Å². The highest BCUT2D eigenvalue weighted by molar-refractivity contribution is 5.77. The highest BCUT2D eigenvalue weighted by Crippen LogP contribution is 2.27. The molecule has 2 heterocycles. The van der Waals surface area contributed by atoms with Gasteiger partial charge in [0.05, 0.1) is 26.4 Å². The maximum absolute atomic E-state index is 12.0. The monoisotopic (exact) mass is 307 g/mol. The Hall–Kier alpha value is -1.47. The van der Waals surface area contributed by atoms with E-state index >= 15 is 0 Å². The van der Waals surface area contributed by atoms with Gasteiger partial charge in [0, 0.05) is 0 Å². The van der Waals surface area contributed by atoms with Gasteiger partial charge in [-0.15, -0.1) is 0 Å². The second-order valence-corrected chi connectivity index (χ2v) is 5.54. The Balaban J connectivity index is 1.72. The molecule has 1 N–H and O–H groups in total. The van der Waals surface area contributed by atoms with E-state index in [0.29, 0.717) is 13.2 Å². The number of carbonyl (C=O) groups excluding carboxylic acids is 1. The largest absolute Gasteiger partial charge is 0.468 e. The number of benzene rings is 1. The molecule has 0 unspecified atom stereocenters. The predicted molar refractivity (Wildman–Crippen MR) is 78.0 cm³/mol. The second kappa shape index (κ2) is 6.75. The number of fused-ring (bicyclic) bond motifs is 1. The highest BCUT2D eigenvalue weighted by atomic mass is 16.7. The Morgan fingerprint density at radius 1 is 1.36 bits per heavy atom. The van der Waals surface area contributed by atoms with E-state index in [2.05, 4.69) is 5.32 Å². The summed E-state index contributed by atoms with van der Waals surface area (Å²) in [6, 6.07) is 9.23. The average molecular weight is 307 g/mol. The second-order valence-electron chi connectivity index (χ2n) is 5.54. The minimum atomic E-state index is -0.544. The van der Waals surface area contributed by atoms with Crippen LogP contribution in [-0.4, -0.2) is 50.3 Å². The normalized spacial score (nSPS) is 34.2. The smallest absolute Gasteiger partial charge is 0.325 e. The van der Waals surface area contributed by atoms with Crippen molar-refractivity contribution in [2.24, 2.45) is 0 Å². The number of hydrogen-bond donors (Lipinski definition) is 1. The van der Waals surface area contributed by atoms with Gasteiger partial charge in [0.25, 0.3) is 0 Å². The fourth-order valence-electron chi connectivity index (χ4n) is 2.94. The van der Waals surface area contributed by atoms with Crippen LogP contribution < -0.4 is 5.32 Å². The van der Waals surface area contributed by atoms with E-state index in [-0.39, 0.29) is 24.4 Å². The molecule has 1 aromatic carbocycles. The molecule has 0 saturated carbocycles. The molecule has 6 heteroatoms. The average Bonchev–Trinajstić information content (AvgIpc) is 2.91. The van der Waals surface area contributed by atoms with Crippen LogP contribution in [0.25, 0.3) is 0 Å². The molecule has 2 aliphatic rings. The minimum absolute atomic E-state index is 0.0685. The third-order valence-corrected chi connectivity index (χ3v) is 4.04. The number of rotatable bonds is 4. The first-order valence-corrected chi connectivity index (χ1v) is 7.45. The molecule has 0 aliphatic carbocycles. The first-order valence-electron chi connectivity index (χ1n) is 7.45. The van der Waals surface area contributed by atoms with Gasteiger partial charge in [-0.2, -0.15) is 0 Å². The van der Waals surface area contributed by atoms with E-state index in [1.54, 1.807) is 0 Å². The Morgan fingerprint density at radius 3 is 2.86 bits per heavy atom. The van der Waals surface area contributed by atoms with Crippen LogP contribution >= 0.6 is 0 Å². The SMILES string of the molecule is COC(=O)[C@H]1N[C@H]2CO[C@@H](C)O[C@H]2[C@@H]1OCc1ccccc1. The number of esters is 1. The van der Waals surface area contributed by atoms with Crippen molar-refractivity contribution in [3.05, 3.63) is 35.9 Å². The molecule has 5 atom stereocenters. The molecule has 2 fully saturated rings. The van der Waals surface area contributed by atoms with Crippen LogP contribution in [0.5, 0.6) is 0 Å². The molecule has 2 saturated heterocycles. The fraction of sp³-hybridized carbons (Fsp3) is 0.562. The van der Waals surface area contributed by atoms with Gasteiger partial charge < -0.3 is 18.9 Å². The van der Waals surface area contributed by atoms with E-state index in [4.69, 9.17) is 18.9 Å². The number of hydrogen-bond acceptors (Lipinski definition) is 6. The molecule has 0 amide bonds. The lowest BCUT2D eigenvalue weighted by molar-refractivity contribution is -0.228. The lowest BCUT2D eigenvalue weighted by atomic mass is 10.1. The summed E-state index contributed by atoms with van der Waals surface area (Å²) in [5.74, 6) is -0.344. The summed E-state index contributed by atoms with van der Waals surface area (Å²) in [5.41, 5.74) is 1.05. The lowest BCUT2D eigenvalue weighted by Crippen LogP contribution is -2.47. The summed E-state index contributed by atoms with van der Waals surface area (Å²) in [7, 11) is 1.38. The fourth-order valence-corrected chi connectivity index (χ4v) is 2.94. The molecule has 0 spiro atoms. The third-order valence-electron chi connectivity index (χ3n) is 4.04. The molecular weight excluding hydrogens is 286 g/mol. The summed E-state index contributed by atoms with van der Waals surface area (Å²) in [6.45, 7) is 2.75. The number of nitrogens with one attached hydrogen (secondary N) is 1. The molecule has 1 aromatic rings. The maximum atomic E-state index is 12.0. The van der Waals surface area contributed by atoms with Crippen molar-refractivity contribution in [2.75, 3.05) is 13.7 Å². The molecule has 0 bridgehead atoms. The first kappa shape index (κ1) is 15.4. The minimum Gasteiger partial charge on any atom is -0.468 e. The van der Waals surface area contributed by atoms with Gasteiger partial charge in [-0.3, -0.25) is 10.1 Å². The van der Waals surface area contributed by atoms with Gasteiger partial charge in [-0.05, 0) is 12.5 Å². The molecule has 6 nitrogen and oxygen atoms in total. The molecule has 3 rings (SSSR count). The summed E-state index contributed by atoms with van der Waals surface area (Å²) < 4.78 is 22.2. The van der Waals surface area contributed by atoms with Crippen molar-refractivity contribution in [1.29, 1.82) is 0 Å². The van der Waals surface area contributed by atoms with Crippen molar-refractivity contribution in [1.82, 2.24) is 5.32 Å². The summed E-state index contributed by atoms with van der Waals surface area (Å²) in [4.78, 5) is 12.0. The molecule has 0 radical (unpaired) electrons. The van der Waals surface area contributed by atoms with Crippen LogP contribution in [0, 0.1) is 0 Å². The van der Waals surface area contributed by atoms with Gasteiger partial charge in [-0.1, -0.05) is 30.3 Å². The van der Waals surface area contributed by atoms with Crippen molar-refractivity contribution in [3.8, 4) is 0 Å². The van der Waals surface area contributed by atoms with Crippen LogP contribution in [0.1, 0.15) is 12.5 Å². The zero-order chi connectivity index (χ0) is 15.5. The number of methoxy groups -OCH3 is 1. The standard InChI is InChI=1S/C16H21NO5/c1-10-20-9-12-14(22-10)15(13(17-12)16(18)19-2)21-8-11-6-4-3-5-7-11/h3-7,10,12-15,17H,8-9H2,1-2H3/t10-,12+,13+,14-,15-/m1/s1. The topological polar surface area (TPSA) is 66.0 Å². The maximum Gasteiger partial charge on any atom is 0.325 e. The summed E-state index contributed by atoms with van der Waals surface area (Å²) >= 11 is 0. The van der Waals surface area contributed by atoms with E-state index in [1.165, 1.54) is 7.11 Å². The van der Waals surface area contributed by atoms with Crippen LogP contribution in [0.4, 0.5) is 0 Å². The molecular formula is C16H21NO5. The summed E-state index contributed by atoms with van der Waals surface area (Å²) in [5, 5.41) is 3.20. The van der Waals surface area contributed by atoms with Gasteiger partial charge in [0.15, 0.2) is 6.29 Å². The Bertz CT molecular complexity index is 509. The van der Waals surface area contributed by atoms with E-state index in [9.17, 15) is 4.79 Å². The molecule has 0 aromatic heterocycles. The summed E-state index contributed by atoms with van der Waals surface area (Å²) in [6.07, 6.45) is -0.928. The quantitative estimate of drug-likeness (QED) is 0.832. The van der Waals surface area contributed by atoms with Gasteiger partial charge >= 0.3 is 5.97 Å². The first-order chi connectivity index (χ1) is 10.7. The van der Waals surface area contributed by atoms with Crippen molar-refractivity contribution >= 4 is 5.97 Å². The van der Waals surface area contributed by atoms with Crippen molar-refractivity contribution < 1.29 is 23.7 Å². The number of ether oxygens (including phenoxy) is 4. The van der Waals surface area contributed by atoms with Crippen molar-refractivity contribution in [2.45, 2.75) is 44.1 Å². The van der Waals surface area contributed by atoms with E-state index in [1.807, 2.05) is 37.3 Å². The third kappa shape index (κ3) is 3.15. The molecule has 22 heavy (non-hydrogen) atoms. The van der Waals surface area contributed by atoms with Gasteiger partial charge in [0.2, 0.25) is 0 Å². The van der Waals surface area contributed by atoms with Crippen LogP contribution in [-0.2, 0) is 30.3 Å². The Morgan fingerprint density at radius 2 is 2.14 bits per heavy atom. The van der Waals surface area contributed by atoms with Gasteiger partial charge in [0.1, 0.15) is 18.2 Å². The van der Waals surface area contributed by atoms with E-state index in [0.717, 1.165) is 5.56 Å². The van der Waals surface area contributed by atoms with E-state index < -0.39 is 12.1 Å². The van der Waals surface area contributed by atoms with Crippen LogP contribution in [0.15, 0.2) is 30.3 Å². The Labute approximate surface area is 129 Å². The number of carbonyl (C=O) groups is 1. The zero-order valence-electron chi connectivity index (χ0n) is 12.7. The van der Waals surface area contributed by atoms with Crippen LogP contribution in [0.3, 0.4) is 0 Å². The zero-order valence-corrected chi connectivity index (χ0v) is 12.7. The Kier molecular flexibility index (Phi) is 4.73. The van der Waals surface area contributed by atoms with Crippen LogP contribution in [0.2, 0.25) is 0 Å². The van der Waals surface area contributed by atoms with Gasteiger partial charge in [-0.25, -0.2) is 0 Å². The molecule has 120 valence electrons. The highest BCUT2D eigenvalue weighted by Gasteiger charge is 2.51. The molecule has 2 aliphatic heterocycles. The lowest BCUT2D eigenvalue weighted by Gasteiger charge is -2.32. The predicted octanol–water partition coefficient (Wildman–Crippen LogP) is 0.847.